The third-order valence-electron chi connectivity index (χ3n) is 5.10. The molecule has 2 aliphatic rings. The average molecular weight is 422 g/mol. The van der Waals surface area contributed by atoms with Crippen molar-refractivity contribution >= 4 is 29.9 Å². The van der Waals surface area contributed by atoms with Crippen LogP contribution in [0, 0.1) is 11.8 Å². The van der Waals surface area contributed by atoms with Gasteiger partial charge in [-0.1, -0.05) is 27.2 Å². The third-order valence-corrected chi connectivity index (χ3v) is 5.10. The van der Waals surface area contributed by atoms with Gasteiger partial charge in [-0.3, -0.25) is 4.99 Å². The molecule has 1 heterocycles. The van der Waals surface area contributed by atoms with E-state index < -0.39 is 0 Å². The smallest absolute Gasteiger partial charge is 0.193 e. The predicted octanol–water partition coefficient (Wildman–Crippen LogP) is 3.03. The Morgan fingerprint density at radius 2 is 2.00 bits per heavy atom. The zero-order valence-corrected chi connectivity index (χ0v) is 17.2. The number of rotatable bonds is 7. The molecule has 1 N–H and O–H groups in total. The fraction of sp³-hybridized carbons (Fsp3) is 0.941. The summed E-state index contributed by atoms with van der Waals surface area (Å²) in [7, 11) is 1.93. The van der Waals surface area contributed by atoms with E-state index in [1.54, 1.807) is 0 Å². The summed E-state index contributed by atoms with van der Waals surface area (Å²) in [5, 5.41) is 3.68. The van der Waals surface area contributed by atoms with Crippen LogP contribution in [0.15, 0.2) is 4.99 Å². The molecule has 0 radical (unpaired) electrons. The molecule has 0 spiro atoms. The van der Waals surface area contributed by atoms with Crippen LogP contribution in [0.5, 0.6) is 0 Å². The van der Waals surface area contributed by atoms with Crippen LogP contribution >= 0.6 is 24.0 Å². The van der Waals surface area contributed by atoms with Crippen LogP contribution in [0.25, 0.3) is 0 Å². The Hall–Kier alpha value is -0.0400. The fourth-order valence-electron chi connectivity index (χ4n) is 3.60. The van der Waals surface area contributed by atoms with Crippen LogP contribution in [0.3, 0.4) is 0 Å². The minimum Gasteiger partial charge on any atom is -0.353 e. The SMILES string of the molecule is CCCC1CC1NC(=NC)N1CCC(CN(CC)CC)C1.I. The normalized spacial score (nSPS) is 28.0. The van der Waals surface area contributed by atoms with E-state index in [1.807, 2.05) is 7.05 Å². The fourth-order valence-corrected chi connectivity index (χ4v) is 3.60. The topological polar surface area (TPSA) is 30.9 Å². The van der Waals surface area contributed by atoms with E-state index in [2.05, 4.69) is 40.9 Å². The van der Waals surface area contributed by atoms with Crippen LogP contribution < -0.4 is 5.32 Å². The maximum absolute atomic E-state index is 4.52. The summed E-state index contributed by atoms with van der Waals surface area (Å²) in [5.41, 5.74) is 0. The summed E-state index contributed by atoms with van der Waals surface area (Å²) in [4.78, 5) is 9.53. The number of aliphatic imine (C=N–C) groups is 1. The lowest BCUT2D eigenvalue weighted by atomic mass is 10.1. The molecule has 0 aromatic carbocycles. The van der Waals surface area contributed by atoms with Crippen molar-refractivity contribution in [2.75, 3.05) is 39.8 Å². The zero-order valence-electron chi connectivity index (χ0n) is 14.8. The second kappa shape index (κ2) is 9.96. The molecule has 130 valence electrons. The van der Waals surface area contributed by atoms with Crippen molar-refractivity contribution in [1.82, 2.24) is 15.1 Å². The van der Waals surface area contributed by atoms with E-state index in [0.717, 1.165) is 24.3 Å². The van der Waals surface area contributed by atoms with Gasteiger partial charge in [0.05, 0.1) is 0 Å². The molecule has 22 heavy (non-hydrogen) atoms. The first-order valence-corrected chi connectivity index (χ1v) is 8.92. The molecule has 0 aromatic rings. The molecular formula is C17H35IN4. The van der Waals surface area contributed by atoms with Crippen LogP contribution in [0.2, 0.25) is 0 Å². The van der Waals surface area contributed by atoms with E-state index in [9.17, 15) is 0 Å². The van der Waals surface area contributed by atoms with Gasteiger partial charge in [-0.05, 0) is 44.2 Å². The maximum Gasteiger partial charge on any atom is 0.193 e. The molecule has 1 saturated carbocycles. The van der Waals surface area contributed by atoms with Gasteiger partial charge < -0.3 is 15.1 Å². The number of halogens is 1. The van der Waals surface area contributed by atoms with Gasteiger partial charge >= 0.3 is 0 Å². The highest BCUT2D eigenvalue weighted by molar-refractivity contribution is 14.0. The van der Waals surface area contributed by atoms with Crippen molar-refractivity contribution in [2.24, 2.45) is 16.8 Å². The number of nitrogens with zero attached hydrogens (tertiary/aromatic N) is 3. The molecule has 0 bridgehead atoms. The summed E-state index contributed by atoms with van der Waals surface area (Å²) in [6, 6.07) is 0.686. The highest BCUT2D eigenvalue weighted by Gasteiger charge is 2.38. The van der Waals surface area contributed by atoms with E-state index >= 15 is 0 Å². The highest BCUT2D eigenvalue weighted by Crippen LogP contribution is 2.34. The Balaban J connectivity index is 0.00000242. The molecule has 1 aliphatic heterocycles. The second-order valence-corrected chi connectivity index (χ2v) is 6.67. The van der Waals surface area contributed by atoms with Gasteiger partial charge in [0.2, 0.25) is 0 Å². The number of hydrogen-bond donors (Lipinski definition) is 1. The van der Waals surface area contributed by atoms with Gasteiger partial charge in [-0.15, -0.1) is 24.0 Å². The summed E-state index contributed by atoms with van der Waals surface area (Å²) in [6.07, 6.45) is 5.31. The molecule has 1 aliphatic carbocycles. The lowest BCUT2D eigenvalue weighted by Gasteiger charge is -2.24. The highest BCUT2D eigenvalue weighted by atomic mass is 127. The first kappa shape index (κ1) is 20.0. The molecule has 1 saturated heterocycles. The molecular weight excluding hydrogens is 387 g/mol. The summed E-state index contributed by atoms with van der Waals surface area (Å²) in [5.74, 6) is 2.83. The Labute approximate surface area is 154 Å². The zero-order chi connectivity index (χ0) is 15.2. The quantitative estimate of drug-likeness (QED) is 0.389. The lowest BCUT2D eigenvalue weighted by Crippen LogP contribution is -2.42. The largest absolute Gasteiger partial charge is 0.353 e. The number of hydrogen-bond acceptors (Lipinski definition) is 2. The second-order valence-electron chi connectivity index (χ2n) is 6.67. The van der Waals surface area contributed by atoms with E-state index in [1.165, 1.54) is 51.9 Å². The minimum atomic E-state index is 0. The third kappa shape index (κ3) is 5.55. The van der Waals surface area contributed by atoms with E-state index in [0.29, 0.717) is 6.04 Å². The standard InChI is InChI=1S/C17H34N4.HI/c1-5-8-15-11-16(15)19-17(18-4)21-10-9-14(13-21)12-20(6-2)7-3;/h14-16H,5-13H2,1-4H3,(H,18,19);1H. The molecule has 0 aromatic heterocycles. The minimum absolute atomic E-state index is 0. The number of guanidine groups is 1. The van der Waals surface area contributed by atoms with Gasteiger partial charge in [0.15, 0.2) is 5.96 Å². The summed E-state index contributed by atoms with van der Waals surface area (Å²) >= 11 is 0. The van der Waals surface area contributed by atoms with Gasteiger partial charge in [0.25, 0.3) is 0 Å². The number of nitrogens with one attached hydrogen (secondary N) is 1. The van der Waals surface area contributed by atoms with Crippen molar-refractivity contribution in [3.05, 3.63) is 0 Å². The van der Waals surface area contributed by atoms with Crippen molar-refractivity contribution in [3.8, 4) is 0 Å². The van der Waals surface area contributed by atoms with Crippen LogP contribution in [-0.4, -0.2) is 61.6 Å². The monoisotopic (exact) mass is 422 g/mol. The van der Waals surface area contributed by atoms with Crippen LogP contribution in [-0.2, 0) is 0 Å². The van der Waals surface area contributed by atoms with Crippen molar-refractivity contribution < 1.29 is 0 Å². The van der Waals surface area contributed by atoms with Crippen molar-refractivity contribution in [2.45, 2.75) is 52.5 Å². The van der Waals surface area contributed by atoms with Crippen LogP contribution in [0.4, 0.5) is 0 Å². The molecule has 3 unspecified atom stereocenters. The number of likely N-dealkylation sites (tertiary alicyclic amines) is 1. The Morgan fingerprint density at radius 3 is 2.59 bits per heavy atom. The first-order valence-electron chi connectivity index (χ1n) is 8.92. The van der Waals surface area contributed by atoms with E-state index in [-0.39, 0.29) is 24.0 Å². The lowest BCUT2D eigenvalue weighted by molar-refractivity contribution is 0.255. The maximum atomic E-state index is 4.52. The van der Waals surface area contributed by atoms with E-state index in [4.69, 9.17) is 0 Å². The Bertz CT molecular complexity index is 344. The Morgan fingerprint density at radius 1 is 1.27 bits per heavy atom. The molecule has 3 atom stereocenters. The van der Waals surface area contributed by atoms with Crippen molar-refractivity contribution in [3.63, 3.8) is 0 Å². The first-order chi connectivity index (χ1) is 10.2. The Kier molecular flexibility index (Phi) is 9.05. The molecule has 0 amide bonds. The van der Waals surface area contributed by atoms with Gasteiger partial charge in [-0.25, -0.2) is 0 Å². The van der Waals surface area contributed by atoms with Crippen LogP contribution in [0.1, 0.15) is 46.5 Å². The van der Waals surface area contributed by atoms with Gasteiger partial charge in [0.1, 0.15) is 0 Å². The van der Waals surface area contributed by atoms with Gasteiger partial charge in [0, 0.05) is 32.7 Å². The summed E-state index contributed by atoms with van der Waals surface area (Å²) < 4.78 is 0. The van der Waals surface area contributed by atoms with Crippen molar-refractivity contribution in [1.29, 1.82) is 0 Å². The van der Waals surface area contributed by atoms with Gasteiger partial charge in [-0.2, -0.15) is 0 Å². The molecule has 5 heteroatoms. The molecule has 2 fully saturated rings. The average Bonchev–Trinajstić information content (AvgIpc) is 3.06. The predicted molar refractivity (Wildman–Crippen MR) is 106 cm³/mol. The summed E-state index contributed by atoms with van der Waals surface area (Å²) in [6.45, 7) is 12.7. The molecule has 2 rings (SSSR count). The molecule has 4 nitrogen and oxygen atoms in total.